The molecule has 1 saturated carbocycles. The summed E-state index contributed by atoms with van der Waals surface area (Å²) in [4.78, 5) is 25.0. The molecule has 0 bridgehead atoms. The van der Waals surface area contributed by atoms with Crippen molar-refractivity contribution in [2.45, 2.75) is 70.4 Å². The summed E-state index contributed by atoms with van der Waals surface area (Å²) in [6.07, 6.45) is 15.3. The molecule has 5 heteroatoms. The number of hydrogen-bond donors (Lipinski definition) is 0. The van der Waals surface area contributed by atoms with Crippen molar-refractivity contribution in [3.8, 4) is 0 Å². The van der Waals surface area contributed by atoms with Crippen molar-refractivity contribution in [3.05, 3.63) is 30.1 Å². The summed E-state index contributed by atoms with van der Waals surface area (Å²) >= 11 is 0. The van der Waals surface area contributed by atoms with Crippen molar-refractivity contribution in [2.24, 2.45) is 11.3 Å². The molecule has 1 aromatic rings. The molecule has 0 aromatic carbocycles. The standard InChI is InChI=1S/C25H38N4O/c30-24(29-16-11-25(20-29)9-1-2-10-25)22-6-4-13-28(19-22)23-7-14-27(15-8-23)18-21-5-3-12-26-17-21/h3,5,12,17,22-23H,1-2,4,6-11,13-16,18-20H2/t22-/m1/s1. The lowest BCUT2D eigenvalue weighted by atomic mass is 9.85. The Morgan fingerprint density at radius 1 is 1.03 bits per heavy atom. The monoisotopic (exact) mass is 410 g/mol. The number of rotatable bonds is 4. The van der Waals surface area contributed by atoms with Crippen molar-refractivity contribution in [3.63, 3.8) is 0 Å². The number of nitrogens with zero attached hydrogens (tertiary/aromatic N) is 4. The van der Waals surface area contributed by atoms with Crippen molar-refractivity contribution in [2.75, 3.05) is 39.3 Å². The third-order valence-electron chi connectivity index (χ3n) is 8.42. The van der Waals surface area contributed by atoms with Crippen LogP contribution in [0.4, 0.5) is 0 Å². The molecule has 1 aromatic heterocycles. The molecule has 1 amide bonds. The highest BCUT2D eigenvalue weighted by Gasteiger charge is 2.43. The first-order chi connectivity index (χ1) is 14.7. The first-order valence-electron chi connectivity index (χ1n) is 12.3. The van der Waals surface area contributed by atoms with Crippen molar-refractivity contribution >= 4 is 5.91 Å². The fourth-order valence-electron chi connectivity index (χ4n) is 6.65. The van der Waals surface area contributed by atoms with E-state index in [1.807, 2.05) is 18.5 Å². The Balaban J connectivity index is 1.11. The normalized spacial score (nSPS) is 28.4. The first kappa shape index (κ1) is 20.4. The van der Waals surface area contributed by atoms with Gasteiger partial charge in [0.05, 0.1) is 5.92 Å². The summed E-state index contributed by atoms with van der Waals surface area (Å²) in [7, 11) is 0. The fraction of sp³-hybridized carbons (Fsp3) is 0.760. The molecule has 5 nitrogen and oxygen atoms in total. The van der Waals surface area contributed by atoms with E-state index in [0.717, 1.165) is 45.7 Å². The van der Waals surface area contributed by atoms with Gasteiger partial charge in [0.25, 0.3) is 0 Å². The van der Waals surface area contributed by atoms with E-state index in [4.69, 9.17) is 0 Å². The van der Waals surface area contributed by atoms with Crippen LogP contribution in [-0.2, 0) is 11.3 Å². The third-order valence-corrected chi connectivity index (χ3v) is 8.42. The zero-order chi connectivity index (χ0) is 20.4. The maximum atomic E-state index is 13.3. The average Bonchev–Trinajstić information content (AvgIpc) is 3.44. The molecule has 3 aliphatic heterocycles. The Morgan fingerprint density at radius 3 is 2.63 bits per heavy atom. The second kappa shape index (κ2) is 8.96. The minimum absolute atomic E-state index is 0.240. The van der Waals surface area contributed by atoms with E-state index in [0.29, 0.717) is 17.4 Å². The van der Waals surface area contributed by atoms with Crippen LogP contribution in [-0.4, -0.2) is 70.9 Å². The van der Waals surface area contributed by atoms with Gasteiger partial charge in [-0.1, -0.05) is 18.9 Å². The van der Waals surface area contributed by atoms with Crippen LogP contribution in [0.3, 0.4) is 0 Å². The maximum Gasteiger partial charge on any atom is 0.226 e. The van der Waals surface area contributed by atoms with Crippen LogP contribution in [0, 0.1) is 11.3 Å². The quantitative estimate of drug-likeness (QED) is 0.761. The number of aromatic nitrogens is 1. The SMILES string of the molecule is O=C([C@@H]1CCCN(C2CCN(Cc3cccnc3)CC2)C1)N1CCC2(CCCC2)C1. The smallest absolute Gasteiger partial charge is 0.226 e. The largest absolute Gasteiger partial charge is 0.342 e. The highest BCUT2D eigenvalue weighted by atomic mass is 16.2. The lowest BCUT2D eigenvalue weighted by Gasteiger charge is -2.42. The molecule has 0 unspecified atom stereocenters. The molecule has 1 atom stereocenters. The topological polar surface area (TPSA) is 39.7 Å². The number of likely N-dealkylation sites (tertiary alicyclic amines) is 3. The van der Waals surface area contributed by atoms with Gasteiger partial charge in [-0.15, -0.1) is 0 Å². The predicted octanol–water partition coefficient (Wildman–Crippen LogP) is 3.55. The minimum Gasteiger partial charge on any atom is -0.342 e. The second-order valence-corrected chi connectivity index (χ2v) is 10.4. The Kier molecular flexibility index (Phi) is 6.10. The fourth-order valence-corrected chi connectivity index (χ4v) is 6.65. The lowest BCUT2D eigenvalue weighted by molar-refractivity contribution is -0.137. The number of carbonyl (C=O) groups excluding carboxylic acids is 1. The average molecular weight is 411 g/mol. The second-order valence-electron chi connectivity index (χ2n) is 10.4. The Bertz CT molecular complexity index is 709. The van der Waals surface area contributed by atoms with Gasteiger partial charge in [-0.2, -0.15) is 0 Å². The van der Waals surface area contributed by atoms with Gasteiger partial charge in [0.1, 0.15) is 0 Å². The summed E-state index contributed by atoms with van der Waals surface area (Å²) < 4.78 is 0. The highest BCUT2D eigenvalue weighted by molar-refractivity contribution is 5.79. The van der Waals surface area contributed by atoms with Crippen LogP contribution in [0.1, 0.15) is 63.4 Å². The molecule has 0 N–H and O–H groups in total. The summed E-state index contributed by atoms with van der Waals surface area (Å²) in [6.45, 7) is 7.57. The molecular weight excluding hydrogens is 372 g/mol. The summed E-state index contributed by atoms with van der Waals surface area (Å²) in [6, 6.07) is 4.86. The van der Waals surface area contributed by atoms with Gasteiger partial charge >= 0.3 is 0 Å². The zero-order valence-corrected chi connectivity index (χ0v) is 18.5. The Morgan fingerprint density at radius 2 is 1.87 bits per heavy atom. The van der Waals surface area contributed by atoms with E-state index >= 15 is 0 Å². The first-order valence-corrected chi connectivity index (χ1v) is 12.3. The van der Waals surface area contributed by atoms with Crippen LogP contribution in [0.25, 0.3) is 0 Å². The Labute approximate surface area is 181 Å². The van der Waals surface area contributed by atoms with Crippen molar-refractivity contribution in [1.29, 1.82) is 0 Å². The third kappa shape index (κ3) is 4.43. The molecule has 4 aliphatic rings. The molecule has 4 heterocycles. The van der Waals surface area contributed by atoms with Gasteiger partial charge in [0.15, 0.2) is 0 Å². The summed E-state index contributed by atoms with van der Waals surface area (Å²) in [5.74, 6) is 0.709. The zero-order valence-electron chi connectivity index (χ0n) is 18.5. The number of hydrogen-bond acceptors (Lipinski definition) is 4. The van der Waals surface area contributed by atoms with Gasteiger partial charge in [-0.05, 0) is 81.6 Å². The van der Waals surface area contributed by atoms with Crippen LogP contribution in [0.15, 0.2) is 24.5 Å². The van der Waals surface area contributed by atoms with Crippen molar-refractivity contribution in [1.82, 2.24) is 19.7 Å². The van der Waals surface area contributed by atoms with Gasteiger partial charge < -0.3 is 4.90 Å². The van der Waals surface area contributed by atoms with Crippen LogP contribution in [0.2, 0.25) is 0 Å². The molecule has 164 valence electrons. The van der Waals surface area contributed by atoms with E-state index in [2.05, 4.69) is 25.8 Å². The number of carbonyl (C=O) groups is 1. The number of piperidine rings is 2. The molecule has 3 saturated heterocycles. The van der Waals surface area contributed by atoms with Gasteiger partial charge in [-0.25, -0.2) is 0 Å². The Hall–Kier alpha value is -1.46. The van der Waals surface area contributed by atoms with E-state index in [9.17, 15) is 4.79 Å². The summed E-state index contributed by atoms with van der Waals surface area (Å²) in [5, 5.41) is 0. The maximum absolute atomic E-state index is 13.3. The molecule has 4 fully saturated rings. The van der Waals surface area contributed by atoms with E-state index in [1.165, 1.54) is 63.5 Å². The molecule has 5 rings (SSSR count). The molecule has 1 aliphatic carbocycles. The van der Waals surface area contributed by atoms with E-state index < -0.39 is 0 Å². The lowest BCUT2D eigenvalue weighted by Crippen LogP contribution is -2.51. The van der Waals surface area contributed by atoms with Gasteiger partial charge in [-0.3, -0.25) is 19.6 Å². The molecular formula is C25H38N4O. The number of amides is 1. The number of pyridine rings is 1. The summed E-state index contributed by atoms with van der Waals surface area (Å²) in [5.41, 5.74) is 1.80. The van der Waals surface area contributed by atoms with Gasteiger partial charge in [0, 0.05) is 44.6 Å². The minimum atomic E-state index is 0.240. The molecule has 0 radical (unpaired) electrons. The predicted molar refractivity (Wildman–Crippen MR) is 119 cm³/mol. The van der Waals surface area contributed by atoms with E-state index in [-0.39, 0.29) is 5.92 Å². The van der Waals surface area contributed by atoms with E-state index in [1.54, 1.807) is 0 Å². The molecule has 30 heavy (non-hydrogen) atoms. The van der Waals surface area contributed by atoms with Crippen LogP contribution >= 0.6 is 0 Å². The van der Waals surface area contributed by atoms with Gasteiger partial charge in [0.2, 0.25) is 5.91 Å². The molecule has 1 spiro atoms. The van der Waals surface area contributed by atoms with Crippen LogP contribution in [0.5, 0.6) is 0 Å². The van der Waals surface area contributed by atoms with Crippen LogP contribution < -0.4 is 0 Å². The van der Waals surface area contributed by atoms with Crippen molar-refractivity contribution < 1.29 is 4.79 Å². The highest BCUT2D eigenvalue weighted by Crippen LogP contribution is 2.45.